The summed E-state index contributed by atoms with van der Waals surface area (Å²) in [5.41, 5.74) is 1.22. The molecule has 1 aromatic carbocycles. The van der Waals surface area contributed by atoms with E-state index in [0.717, 1.165) is 4.90 Å². The van der Waals surface area contributed by atoms with Gasteiger partial charge in [-0.2, -0.15) is 0 Å². The van der Waals surface area contributed by atoms with Crippen LogP contribution in [0.4, 0.5) is 0 Å². The summed E-state index contributed by atoms with van der Waals surface area (Å²) in [6, 6.07) is 6.74. The predicted molar refractivity (Wildman–Crippen MR) is 85.0 cm³/mol. The van der Waals surface area contributed by atoms with E-state index >= 15 is 0 Å². The first-order valence-corrected chi connectivity index (χ1v) is 7.18. The van der Waals surface area contributed by atoms with Crippen molar-refractivity contribution in [2.45, 2.75) is 0 Å². The Balaban J connectivity index is 2.54. The minimum absolute atomic E-state index is 0.114. The van der Waals surface area contributed by atoms with Crippen molar-refractivity contribution in [2.75, 3.05) is 26.7 Å². The molecule has 22 heavy (non-hydrogen) atoms. The maximum atomic E-state index is 12.6. The van der Waals surface area contributed by atoms with Crippen LogP contribution in [0.25, 0.3) is 5.57 Å². The van der Waals surface area contributed by atoms with Crippen LogP contribution in [0.3, 0.4) is 0 Å². The van der Waals surface area contributed by atoms with Crippen LogP contribution < -0.4 is 0 Å². The number of carbonyl (C=O) groups excluding carboxylic acids is 2. The lowest BCUT2D eigenvalue weighted by Crippen LogP contribution is -2.34. The molecule has 2 rings (SSSR count). The van der Waals surface area contributed by atoms with E-state index in [0.29, 0.717) is 16.2 Å². The zero-order chi connectivity index (χ0) is 16.3. The minimum atomic E-state index is -0.384. The lowest BCUT2D eigenvalue weighted by Gasteiger charge is -2.19. The maximum Gasteiger partial charge on any atom is 0.278 e. The summed E-state index contributed by atoms with van der Waals surface area (Å²) in [6.07, 6.45) is 1.50. The van der Waals surface area contributed by atoms with Gasteiger partial charge in [-0.3, -0.25) is 14.5 Å². The highest BCUT2D eigenvalue weighted by Gasteiger charge is 2.39. The fourth-order valence-corrected chi connectivity index (χ4v) is 2.48. The second-order valence-corrected chi connectivity index (χ2v) is 5.32. The number of amides is 2. The molecular weight excluding hydrogens is 304 g/mol. The number of benzene rings is 1. The Bertz CT molecular complexity index is 637. The molecule has 5 nitrogen and oxygen atoms in total. The SMILES string of the molecule is C=CCN1C(=O)C(c2ccc(Cl)cc2)=C(N(C)CCO)C1=O. The number of hydrogen-bond acceptors (Lipinski definition) is 4. The topological polar surface area (TPSA) is 60.9 Å². The van der Waals surface area contributed by atoms with Crippen molar-refractivity contribution in [3.8, 4) is 0 Å². The largest absolute Gasteiger partial charge is 0.395 e. The van der Waals surface area contributed by atoms with E-state index in [1.165, 1.54) is 6.08 Å². The zero-order valence-corrected chi connectivity index (χ0v) is 13.0. The highest BCUT2D eigenvalue weighted by molar-refractivity contribution is 6.36. The average molecular weight is 321 g/mol. The molecule has 0 unspecified atom stereocenters. The molecule has 0 bridgehead atoms. The van der Waals surface area contributed by atoms with Gasteiger partial charge in [0.05, 0.1) is 12.2 Å². The summed E-state index contributed by atoms with van der Waals surface area (Å²) < 4.78 is 0. The summed E-state index contributed by atoms with van der Waals surface area (Å²) in [5.74, 6) is -0.752. The first-order valence-electron chi connectivity index (χ1n) is 6.80. The first kappa shape index (κ1) is 16.3. The van der Waals surface area contributed by atoms with Crippen molar-refractivity contribution in [1.82, 2.24) is 9.80 Å². The zero-order valence-electron chi connectivity index (χ0n) is 12.3. The van der Waals surface area contributed by atoms with Crippen molar-refractivity contribution in [3.63, 3.8) is 0 Å². The third-order valence-corrected chi connectivity index (χ3v) is 3.66. The van der Waals surface area contributed by atoms with Crippen LogP contribution in [-0.2, 0) is 9.59 Å². The Hall–Kier alpha value is -2.11. The lowest BCUT2D eigenvalue weighted by atomic mass is 10.0. The molecule has 0 spiro atoms. The van der Waals surface area contributed by atoms with E-state index in [1.807, 2.05) is 0 Å². The quantitative estimate of drug-likeness (QED) is 0.638. The van der Waals surface area contributed by atoms with Gasteiger partial charge in [-0.25, -0.2) is 0 Å². The Morgan fingerprint density at radius 3 is 2.45 bits per heavy atom. The van der Waals surface area contributed by atoms with Crippen molar-refractivity contribution < 1.29 is 14.7 Å². The molecule has 0 atom stereocenters. The predicted octanol–water partition coefficient (Wildman–Crippen LogP) is 1.53. The molecule has 0 saturated heterocycles. The number of nitrogens with zero attached hydrogens (tertiary/aromatic N) is 2. The number of halogens is 1. The van der Waals surface area contributed by atoms with Crippen LogP contribution in [0.5, 0.6) is 0 Å². The molecule has 0 fully saturated rings. The van der Waals surface area contributed by atoms with Crippen LogP contribution in [0, 0.1) is 0 Å². The average Bonchev–Trinajstić information content (AvgIpc) is 2.73. The molecule has 0 saturated carbocycles. The highest BCUT2D eigenvalue weighted by atomic mass is 35.5. The monoisotopic (exact) mass is 320 g/mol. The molecule has 1 heterocycles. The highest BCUT2D eigenvalue weighted by Crippen LogP contribution is 2.31. The van der Waals surface area contributed by atoms with Gasteiger partial charge < -0.3 is 10.0 Å². The molecule has 1 aliphatic rings. The number of hydrogen-bond donors (Lipinski definition) is 1. The number of aliphatic hydroxyl groups is 1. The van der Waals surface area contributed by atoms with Gasteiger partial charge in [0.25, 0.3) is 11.8 Å². The molecule has 0 radical (unpaired) electrons. The normalized spacial score (nSPS) is 14.8. The standard InChI is InChI=1S/C16H17ClN2O3/c1-3-8-19-15(21)13(11-4-6-12(17)7-5-11)14(16(19)22)18(2)9-10-20/h3-7,20H,1,8-10H2,2H3. The van der Waals surface area contributed by atoms with Gasteiger partial charge in [0.1, 0.15) is 5.70 Å². The smallest absolute Gasteiger partial charge is 0.278 e. The van der Waals surface area contributed by atoms with Gasteiger partial charge in [-0.05, 0) is 17.7 Å². The van der Waals surface area contributed by atoms with Crippen molar-refractivity contribution >= 4 is 29.0 Å². The minimum Gasteiger partial charge on any atom is -0.395 e. The van der Waals surface area contributed by atoms with E-state index in [9.17, 15) is 9.59 Å². The summed E-state index contributed by atoms with van der Waals surface area (Å²) >= 11 is 5.88. The fraction of sp³-hybridized carbons (Fsp3) is 0.250. The first-order chi connectivity index (χ1) is 10.5. The summed E-state index contributed by atoms with van der Waals surface area (Å²) in [7, 11) is 1.67. The molecule has 1 N–H and O–H groups in total. The Morgan fingerprint density at radius 1 is 1.27 bits per heavy atom. The van der Waals surface area contributed by atoms with Gasteiger partial charge in [0.2, 0.25) is 0 Å². The van der Waals surface area contributed by atoms with E-state index in [1.54, 1.807) is 36.2 Å². The van der Waals surface area contributed by atoms with Crippen LogP contribution in [0.1, 0.15) is 5.56 Å². The third-order valence-electron chi connectivity index (χ3n) is 3.41. The van der Waals surface area contributed by atoms with Gasteiger partial charge in [-0.1, -0.05) is 29.8 Å². The molecular formula is C16H17ClN2O3. The van der Waals surface area contributed by atoms with Crippen LogP contribution in [0.2, 0.25) is 5.02 Å². The molecule has 6 heteroatoms. The Labute approximate surface area is 134 Å². The fourth-order valence-electron chi connectivity index (χ4n) is 2.35. The van der Waals surface area contributed by atoms with E-state index < -0.39 is 0 Å². The second kappa shape index (κ2) is 6.77. The van der Waals surface area contributed by atoms with Crippen molar-refractivity contribution in [1.29, 1.82) is 0 Å². The number of likely N-dealkylation sites (N-methyl/N-ethyl adjacent to an activating group) is 1. The molecule has 2 amide bonds. The van der Waals surface area contributed by atoms with E-state index in [2.05, 4.69) is 6.58 Å². The van der Waals surface area contributed by atoms with Crippen molar-refractivity contribution in [2.24, 2.45) is 0 Å². The summed E-state index contributed by atoms with van der Waals surface area (Å²) in [6.45, 7) is 3.86. The second-order valence-electron chi connectivity index (χ2n) is 4.89. The van der Waals surface area contributed by atoms with Gasteiger partial charge >= 0.3 is 0 Å². The molecule has 0 aliphatic carbocycles. The van der Waals surface area contributed by atoms with Gasteiger partial charge in [0.15, 0.2) is 0 Å². The summed E-state index contributed by atoms with van der Waals surface area (Å²) in [5, 5.41) is 9.65. The number of carbonyl (C=O) groups is 2. The Morgan fingerprint density at radius 2 is 1.91 bits per heavy atom. The molecule has 1 aromatic rings. The van der Waals surface area contributed by atoms with Gasteiger partial charge in [-0.15, -0.1) is 6.58 Å². The van der Waals surface area contributed by atoms with Crippen LogP contribution in [-0.4, -0.2) is 53.5 Å². The maximum absolute atomic E-state index is 12.6. The lowest BCUT2D eigenvalue weighted by molar-refractivity contribution is -0.136. The summed E-state index contributed by atoms with van der Waals surface area (Å²) in [4.78, 5) is 27.8. The van der Waals surface area contributed by atoms with E-state index in [-0.39, 0.29) is 37.2 Å². The van der Waals surface area contributed by atoms with Crippen molar-refractivity contribution in [3.05, 3.63) is 53.2 Å². The number of rotatable bonds is 6. The molecule has 0 aromatic heterocycles. The molecule has 1 aliphatic heterocycles. The molecule has 116 valence electrons. The third kappa shape index (κ3) is 2.91. The Kier molecular flexibility index (Phi) is 5.00. The van der Waals surface area contributed by atoms with Gasteiger partial charge in [0, 0.05) is 25.2 Å². The number of imide groups is 1. The number of aliphatic hydroxyl groups excluding tert-OH is 1. The van der Waals surface area contributed by atoms with Crippen LogP contribution >= 0.6 is 11.6 Å². The van der Waals surface area contributed by atoms with Crippen LogP contribution in [0.15, 0.2) is 42.6 Å². The van der Waals surface area contributed by atoms with E-state index in [4.69, 9.17) is 16.7 Å².